The van der Waals surface area contributed by atoms with Gasteiger partial charge in [0.2, 0.25) is 0 Å². The lowest BCUT2D eigenvalue weighted by Crippen LogP contribution is -2.40. The van der Waals surface area contributed by atoms with Crippen molar-refractivity contribution in [3.8, 4) is 0 Å². The number of methoxy groups -OCH3 is 1. The van der Waals surface area contributed by atoms with Crippen molar-refractivity contribution in [2.24, 2.45) is 0 Å². The molecule has 1 rings (SSSR count). The second-order valence-electron chi connectivity index (χ2n) is 3.58. The van der Waals surface area contributed by atoms with Crippen LogP contribution in [0.5, 0.6) is 0 Å². The lowest BCUT2D eigenvalue weighted by molar-refractivity contribution is 0.0238. The van der Waals surface area contributed by atoms with Gasteiger partial charge in [-0.05, 0) is 25.9 Å². The van der Waals surface area contributed by atoms with Gasteiger partial charge in [-0.15, -0.1) is 0 Å². The molecule has 84 valence electrons. The van der Waals surface area contributed by atoms with Crippen molar-refractivity contribution < 1.29 is 9.47 Å². The minimum absolute atomic E-state index is 0.402. The van der Waals surface area contributed by atoms with Crippen LogP contribution in [0.2, 0.25) is 0 Å². The van der Waals surface area contributed by atoms with Crippen LogP contribution in [0.3, 0.4) is 0 Å². The molecule has 0 radical (unpaired) electrons. The predicted molar refractivity (Wildman–Crippen MR) is 56.6 cm³/mol. The summed E-state index contributed by atoms with van der Waals surface area (Å²) in [6, 6.07) is 0. The molecule has 1 fully saturated rings. The quantitative estimate of drug-likeness (QED) is 0.570. The molecular formula is C10H22N2O2. The van der Waals surface area contributed by atoms with Crippen LogP contribution in [-0.2, 0) is 9.47 Å². The van der Waals surface area contributed by atoms with Gasteiger partial charge in [0, 0.05) is 26.8 Å². The molecule has 1 aliphatic heterocycles. The van der Waals surface area contributed by atoms with E-state index in [-0.39, 0.29) is 0 Å². The van der Waals surface area contributed by atoms with E-state index < -0.39 is 0 Å². The number of hydrogen-bond donors (Lipinski definition) is 2. The molecule has 1 aliphatic rings. The van der Waals surface area contributed by atoms with E-state index in [4.69, 9.17) is 9.47 Å². The van der Waals surface area contributed by atoms with E-state index in [0.717, 1.165) is 52.2 Å². The Morgan fingerprint density at radius 3 is 3.14 bits per heavy atom. The minimum Gasteiger partial charge on any atom is -0.385 e. The van der Waals surface area contributed by atoms with Crippen molar-refractivity contribution in [2.45, 2.75) is 18.9 Å². The molecule has 0 aromatic rings. The molecule has 2 N–H and O–H groups in total. The predicted octanol–water partition coefficient (Wildman–Crippen LogP) is -0.00900. The molecular weight excluding hydrogens is 180 g/mol. The first-order valence-electron chi connectivity index (χ1n) is 5.45. The zero-order chi connectivity index (χ0) is 10.1. The Morgan fingerprint density at radius 1 is 1.50 bits per heavy atom. The first-order valence-corrected chi connectivity index (χ1v) is 5.45. The summed E-state index contributed by atoms with van der Waals surface area (Å²) < 4.78 is 10.5. The molecule has 0 aliphatic carbocycles. The molecule has 1 saturated heterocycles. The Kier molecular flexibility index (Phi) is 6.95. The standard InChI is InChI=1S/C10H22N2O2/c1-13-7-2-4-11-5-3-10-9-12-6-8-14-10/h10-12H,2-9H2,1H3. The summed E-state index contributed by atoms with van der Waals surface area (Å²) in [5, 5.41) is 6.70. The number of morpholine rings is 1. The van der Waals surface area contributed by atoms with Gasteiger partial charge >= 0.3 is 0 Å². The number of nitrogens with one attached hydrogen (secondary N) is 2. The maximum Gasteiger partial charge on any atom is 0.0712 e. The van der Waals surface area contributed by atoms with Crippen LogP contribution in [0.1, 0.15) is 12.8 Å². The van der Waals surface area contributed by atoms with Crippen molar-refractivity contribution in [2.75, 3.05) is 46.5 Å². The van der Waals surface area contributed by atoms with Gasteiger partial charge in [0.15, 0.2) is 0 Å². The van der Waals surface area contributed by atoms with E-state index >= 15 is 0 Å². The molecule has 0 amide bonds. The van der Waals surface area contributed by atoms with Crippen LogP contribution < -0.4 is 10.6 Å². The van der Waals surface area contributed by atoms with Gasteiger partial charge < -0.3 is 20.1 Å². The Labute approximate surface area is 86.3 Å². The minimum atomic E-state index is 0.402. The van der Waals surface area contributed by atoms with Gasteiger partial charge in [-0.1, -0.05) is 0 Å². The lowest BCUT2D eigenvalue weighted by Gasteiger charge is -2.23. The van der Waals surface area contributed by atoms with Gasteiger partial charge in [0.25, 0.3) is 0 Å². The molecule has 0 spiro atoms. The van der Waals surface area contributed by atoms with Crippen molar-refractivity contribution in [3.63, 3.8) is 0 Å². The van der Waals surface area contributed by atoms with Crippen molar-refractivity contribution in [3.05, 3.63) is 0 Å². The van der Waals surface area contributed by atoms with Gasteiger partial charge in [0.05, 0.1) is 12.7 Å². The fourth-order valence-electron chi connectivity index (χ4n) is 1.53. The molecule has 14 heavy (non-hydrogen) atoms. The van der Waals surface area contributed by atoms with Gasteiger partial charge in [-0.3, -0.25) is 0 Å². The summed E-state index contributed by atoms with van der Waals surface area (Å²) in [5.41, 5.74) is 0. The first-order chi connectivity index (χ1) is 6.93. The molecule has 4 heteroatoms. The molecule has 4 nitrogen and oxygen atoms in total. The highest BCUT2D eigenvalue weighted by atomic mass is 16.5. The number of ether oxygens (including phenoxy) is 2. The van der Waals surface area contributed by atoms with E-state index in [1.807, 2.05) is 0 Å². The third kappa shape index (κ3) is 5.54. The lowest BCUT2D eigenvalue weighted by atomic mass is 10.2. The number of rotatable bonds is 7. The summed E-state index contributed by atoms with van der Waals surface area (Å²) in [6.07, 6.45) is 2.58. The zero-order valence-electron chi connectivity index (χ0n) is 9.05. The fraction of sp³-hybridized carbons (Fsp3) is 1.00. The summed E-state index contributed by atoms with van der Waals surface area (Å²) in [4.78, 5) is 0. The SMILES string of the molecule is COCCCNCCC1CNCCO1. The Balaban J connectivity index is 1.82. The second kappa shape index (κ2) is 8.17. The smallest absolute Gasteiger partial charge is 0.0712 e. The fourth-order valence-corrected chi connectivity index (χ4v) is 1.53. The summed E-state index contributed by atoms with van der Waals surface area (Å²) in [5.74, 6) is 0. The topological polar surface area (TPSA) is 42.5 Å². The van der Waals surface area contributed by atoms with Gasteiger partial charge in [0.1, 0.15) is 0 Å². The Morgan fingerprint density at radius 2 is 2.43 bits per heavy atom. The maximum atomic E-state index is 5.58. The monoisotopic (exact) mass is 202 g/mol. The van der Waals surface area contributed by atoms with Crippen molar-refractivity contribution in [1.82, 2.24) is 10.6 Å². The van der Waals surface area contributed by atoms with Crippen LogP contribution in [0.15, 0.2) is 0 Å². The maximum absolute atomic E-state index is 5.58. The zero-order valence-corrected chi connectivity index (χ0v) is 9.05. The van der Waals surface area contributed by atoms with Gasteiger partial charge in [-0.25, -0.2) is 0 Å². The largest absolute Gasteiger partial charge is 0.385 e. The highest BCUT2D eigenvalue weighted by Crippen LogP contribution is 1.99. The first kappa shape index (κ1) is 11.9. The third-order valence-corrected chi connectivity index (χ3v) is 2.35. The van der Waals surface area contributed by atoms with Crippen molar-refractivity contribution >= 4 is 0 Å². The van der Waals surface area contributed by atoms with E-state index in [1.165, 1.54) is 0 Å². The van der Waals surface area contributed by atoms with E-state index in [0.29, 0.717) is 6.10 Å². The second-order valence-corrected chi connectivity index (χ2v) is 3.58. The van der Waals surface area contributed by atoms with Crippen LogP contribution in [0.25, 0.3) is 0 Å². The van der Waals surface area contributed by atoms with Crippen LogP contribution in [0, 0.1) is 0 Å². The van der Waals surface area contributed by atoms with Gasteiger partial charge in [-0.2, -0.15) is 0 Å². The van der Waals surface area contributed by atoms with Crippen LogP contribution in [-0.4, -0.2) is 52.6 Å². The molecule has 0 bridgehead atoms. The Bertz CT molecular complexity index is 127. The average Bonchev–Trinajstić information content (AvgIpc) is 2.25. The van der Waals surface area contributed by atoms with E-state index in [1.54, 1.807) is 7.11 Å². The molecule has 1 unspecified atom stereocenters. The summed E-state index contributed by atoms with van der Waals surface area (Å²) >= 11 is 0. The van der Waals surface area contributed by atoms with Crippen molar-refractivity contribution in [1.29, 1.82) is 0 Å². The summed E-state index contributed by atoms with van der Waals surface area (Å²) in [6.45, 7) is 5.77. The van der Waals surface area contributed by atoms with E-state index in [2.05, 4.69) is 10.6 Å². The molecule has 1 atom stereocenters. The van der Waals surface area contributed by atoms with Crippen LogP contribution in [0.4, 0.5) is 0 Å². The Hall–Kier alpha value is -0.160. The highest BCUT2D eigenvalue weighted by Gasteiger charge is 2.11. The molecule has 0 aromatic carbocycles. The number of hydrogen-bond acceptors (Lipinski definition) is 4. The summed E-state index contributed by atoms with van der Waals surface area (Å²) in [7, 11) is 1.74. The average molecular weight is 202 g/mol. The molecule has 1 heterocycles. The molecule has 0 aromatic heterocycles. The van der Waals surface area contributed by atoms with Crippen LogP contribution >= 0.6 is 0 Å². The third-order valence-electron chi connectivity index (χ3n) is 2.35. The normalized spacial score (nSPS) is 22.5. The molecule has 0 saturated carbocycles. The highest BCUT2D eigenvalue weighted by molar-refractivity contribution is 4.67. The van der Waals surface area contributed by atoms with E-state index in [9.17, 15) is 0 Å².